The molecule has 0 unspecified atom stereocenters. The molecule has 0 aliphatic rings. The van der Waals surface area contributed by atoms with Gasteiger partial charge in [0.2, 0.25) is 0 Å². The molecular formula is C12H12N2O5. The summed E-state index contributed by atoms with van der Waals surface area (Å²) < 4.78 is 15.2. The summed E-state index contributed by atoms with van der Waals surface area (Å²) in [5.41, 5.74) is 0.437. The van der Waals surface area contributed by atoms with E-state index < -0.39 is 5.97 Å². The third kappa shape index (κ3) is 2.95. The minimum absolute atomic E-state index is 0.0766. The van der Waals surface area contributed by atoms with Gasteiger partial charge >= 0.3 is 5.97 Å². The van der Waals surface area contributed by atoms with E-state index in [2.05, 4.69) is 10.3 Å². The summed E-state index contributed by atoms with van der Waals surface area (Å²) in [6.07, 6.45) is 1.06. The van der Waals surface area contributed by atoms with Crippen molar-refractivity contribution in [2.75, 3.05) is 19.5 Å². The van der Waals surface area contributed by atoms with Gasteiger partial charge in [-0.2, -0.15) is 4.98 Å². The topological polar surface area (TPSA) is 93.8 Å². The molecule has 0 radical (unpaired) electrons. The smallest absolute Gasteiger partial charge is 0.357 e. The van der Waals surface area contributed by atoms with Crippen molar-refractivity contribution in [3.63, 3.8) is 0 Å². The van der Waals surface area contributed by atoms with Crippen LogP contribution in [0.2, 0.25) is 0 Å². The number of nitrogens with one attached hydrogen (secondary N) is 1. The normalized spacial score (nSPS) is 10.0. The number of carboxylic acid groups (broad SMARTS) is 1. The first-order valence-corrected chi connectivity index (χ1v) is 5.31. The number of benzene rings is 1. The Morgan fingerprint density at radius 2 is 1.89 bits per heavy atom. The van der Waals surface area contributed by atoms with Gasteiger partial charge in [-0.1, -0.05) is 0 Å². The second kappa shape index (κ2) is 5.30. The first-order chi connectivity index (χ1) is 9.12. The Kier molecular flexibility index (Phi) is 3.56. The minimum Gasteiger partial charge on any atom is -0.497 e. The lowest BCUT2D eigenvalue weighted by atomic mass is 10.3. The van der Waals surface area contributed by atoms with Crippen LogP contribution in [-0.4, -0.2) is 30.3 Å². The summed E-state index contributed by atoms with van der Waals surface area (Å²) in [5.74, 6) is 0.0266. The summed E-state index contributed by atoms with van der Waals surface area (Å²) in [5, 5.41) is 11.6. The molecule has 0 saturated heterocycles. The molecule has 2 rings (SSSR count). The van der Waals surface area contributed by atoms with Crippen LogP contribution in [0.25, 0.3) is 0 Å². The van der Waals surface area contributed by atoms with Gasteiger partial charge in [0.1, 0.15) is 17.8 Å². The molecule has 7 nitrogen and oxygen atoms in total. The fourth-order valence-corrected chi connectivity index (χ4v) is 1.43. The molecule has 1 aromatic heterocycles. The summed E-state index contributed by atoms with van der Waals surface area (Å²) in [6.45, 7) is 0. The number of aromatic nitrogens is 1. The third-order valence-electron chi connectivity index (χ3n) is 2.33. The van der Waals surface area contributed by atoms with Gasteiger partial charge in [0.15, 0.2) is 5.69 Å². The van der Waals surface area contributed by atoms with E-state index >= 15 is 0 Å². The molecule has 0 saturated carbocycles. The molecule has 0 amide bonds. The lowest BCUT2D eigenvalue weighted by molar-refractivity contribution is 0.0690. The van der Waals surface area contributed by atoms with E-state index in [0.29, 0.717) is 17.2 Å². The number of oxazole rings is 1. The van der Waals surface area contributed by atoms with Crippen molar-refractivity contribution in [1.29, 1.82) is 0 Å². The Hall–Kier alpha value is -2.70. The predicted molar refractivity (Wildman–Crippen MR) is 66.3 cm³/mol. The maximum absolute atomic E-state index is 10.7. The van der Waals surface area contributed by atoms with Crippen LogP contribution < -0.4 is 14.8 Å². The zero-order chi connectivity index (χ0) is 13.8. The Morgan fingerprint density at radius 3 is 2.37 bits per heavy atom. The van der Waals surface area contributed by atoms with Gasteiger partial charge in [0.25, 0.3) is 6.01 Å². The summed E-state index contributed by atoms with van der Waals surface area (Å²) in [7, 11) is 3.07. The van der Waals surface area contributed by atoms with Crippen molar-refractivity contribution in [3.8, 4) is 11.5 Å². The predicted octanol–water partition coefficient (Wildman–Crippen LogP) is 2.13. The maximum atomic E-state index is 10.7. The molecule has 0 bridgehead atoms. The molecule has 2 aromatic rings. The standard InChI is InChI=1S/C12H12N2O5/c1-17-8-3-7(4-9(5-8)18-2)13-12-14-10(6-19-12)11(15)16/h3-6H,1-2H3,(H,13,14)(H,15,16). The minimum atomic E-state index is -1.15. The Labute approximate surface area is 108 Å². The van der Waals surface area contributed by atoms with Gasteiger partial charge in [0, 0.05) is 23.9 Å². The molecule has 0 spiro atoms. The lowest BCUT2D eigenvalue weighted by Gasteiger charge is -2.08. The van der Waals surface area contributed by atoms with Crippen LogP contribution in [0.1, 0.15) is 10.5 Å². The lowest BCUT2D eigenvalue weighted by Crippen LogP contribution is -1.97. The molecule has 1 aromatic carbocycles. The summed E-state index contributed by atoms with van der Waals surface area (Å²) in [4.78, 5) is 14.4. The first kappa shape index (κ1) is 12.7. The second-order valence-corrected chi connectivity index (χ2v) is 3.57. The van der Waals surface area contributed by atoms with Crippen LogP contribution in [0.4, 0.5) is 11.7 Å². The first-order valence-electron chi connectivity index (χ1n) is 5.31. The van der Waals surface area contributed by atoms with Gasteiger partial charge in [-0.3, -0.25) is 0 Å². The van der Waals surface area contributed by atoms with E-state index in [0.717, 1.165) is 6.26 Å². The zero-order valence-electron chi connectivity index (χ0n) is 10.3. The molecule has 0 aliphatic carbocycles. The molecule has 100 valence electrons. The van der Waals surface area contributed by atoms with E-state index in [1.54, 1.807) is 18.2 Å². The number of ether oxygens (including phenoxy) is 2. The fourth-order valence-electron chi connectivity index (χ4n) is 1.43. The summed E-state index contributed by atoms with van der Waals surface area (Å²) in [6, 6.07) is 5.19. The van der Waals surface area contributed by atoms with Crippen molar-refractivity contribution < 1.29 is 23.8 Å². The average molecular weight is 264 g/mol. The third-order valence-corrected chi connectivity index (χ3v) is 2.33. The zero-order valence-corrected chi connectivity index (χ0v) is 10.3. The molecule has 7 heteroatoms. The van der Waals surface area contributed by atoms with Gasteiger partial charge in [-0.05, 0) is 0 Å². The Balaban J connectivity index is 2.23. The number of anilines is 2. The Morgan fingerprint density at radius 1 is 1.26 bits per heavy atom. The van der Waals surface area contributed by atoms with Gasteiger partial charge < -0.3 is 24.3 Å². The number of carbonyl (C=O) groups is 1. The Bertz CT molecular complexity index is 571. The maximum Gasteiger partial charge on any atom is 0.357 e. The van der Waals surface area contributed by atoms with Gasteiger partial charge in [0.05, 0.1) is 14.2 Å². The van der Waals surface area contributed by atoms with Crippen LogP contribution in [-0.2, 0) is 0 Å². The van der Waals surface area contributed by atoms with E-state index in [1.807, 2.05) is 0 Å². The van der Waals surface area contributed by atoms with Gasteiger partial charge in [-0.15, -0.1) is 0 Å². The highest BCUT2D eigenvalue weighted by atomic mass is 16.5. The molecule has 2 N–H and O–H groups in total. The monoisotopic (exact) mass is 264 g/mol. The van der Waals surface area contributed by atoms with Crippen LogP contribution in [0.5, 0.6) is 11.5 Å². The van der Waals surface area contributed by atoms with Gasteiger partial charge in [-0.25, -0.2) is 4.79 Å². The van der Waals surface area contributed by atoms with Crippen molar-refractivity contribution in [2.45, 2.75) is 0 Å². The number of methoxy groups -OCH3 is 2. The quantitative estimate of drug-likeness (QED) is 0.854. The van der Waals surface area contributed by atoms with E-state index in [1.165, 1.54) is 14.2 Å². The second-order valence-electron chi connectivity index (χ2n) is 3.57. The average Bonchev–Trinajstić information content (AvgIpc) is 2.87. The largest absolute Gasteiger partial charge is 0.497 e. The van der Waals surface area contributed by atoms with Crippen LogP contribution in [0.3, 0.4) is 0 Å². The highest BCUT2D eigenvalue weighted by Gasteiger charge is 2.11. The molecule has 19 heavy (non-hydrogen) atoms. The van der Waals surface area contributed by atoms with Crippen LogP contribution in [0.15, 0.2) is 28.9 Å². The number of rotatable bonds is 5. The van der Waals surface area contributed by atoms with Crippen molar-refractivity contribution in [3.05, 3.63) is 30.2 Å². The number of hydrogen-bond acceptors (Lipinski definition) is 6. The highest BCUT2D eigenvalue weighted by molar-refractivity contribution is 5.85. The molecule has 1 heterocycles. The SMILES string of the molecule is COc1cc(Nc2nc(C(=O)O)co2)cc(OC)c1. The van der Waals surface area contributed by atoms with Crippen LogP contribution >= 0.6 is 0 Å². The molecular weight excluding hydrogens is 252 g/mol. The van der Waals surface area contributed by atoms with E-state index in [4.69, 9.17) is 19.0 Å². The number of aromatic carboxylic acids is 1. The molecule has 0 fully saturated rings. The highest BCUT2D eigenvalue weighted by Crippen LogP contribution is 2.27. The molecule has 0 atom stereocenters. The van der Waals surface area contributed by atoms with E-state index in [9.17, 15) is 4.79 Å². The fraction of sp³-hybridized carbons (Fsp3) is 0.167. The number of hydrogen-bond donors (Lipinski definition) is 2. The van der Waals surface area contributed by atoms with Crippen molar-refractivity contribution >= 4 is 17.7 Å². The summed E-state index contributed by atoms with van der Waals surface area (Å²) >= 11 is 0. The van der Waals surface area contributed by atoms with E-state index in [-0.39, 0.29) is 11.7 Å². The number of nitrogens with zero attached hydrogens (tertiary/aromatic N) is 1. The molecule has 0 aliphatic heterocycles. The van der Waals surface area contributed by atoms with Crippen LogP contribution in [0, 0.1) is 0 Å². The van der Waals surface area contributed by atoms with Crippen molar-refractivity contribution in [1.82, 2.24) is 4.98 Å². The van der Waals surface area contributed by atoms with Crippen molar-refractivity contribution in [2.24, 2.45) is 0 Å². The number of carboxylic acids is 1.